The number of nitrogens with zero attached hydrogens (tertiary/aromatic N) is 1. The second kappa shape index (κ2) is 8.44. The lowest BCUT2D eigenvalue weighted by molar-refractivity contribution is -0.119. The van der Waals surface area contributed by atoms with Gasteiger partial charge in [-0.05, 0) is 43.0 Å². The number of ether oxygens (including phenoxy) is 2. The van der Waals surface area contributed by atoms with Crippen molar-refractivity contribution in [3.63, 3.8) is 0 Å². The number of fused-ring (bicyclic) bond motifs is 2. The number of halogens is 2. The van der Waals surface area contributed by atoms with Crippen molar-refractivity contribution in [2.75, 3.05) is 11.9 Å². The molecule has 3 aromatic rings. The van der Waals surface area contributed by atoms with E-state index in [0.29, 0.717) is 16.5 Å². The molecule has 1 aliphatic rings. The van der Waals surface area contributed by atoms with Crippen LogP contribution in [0.2, 0.25) is 0 Å². The van der Waals surface area contributed by atoms with Crippen molar-refractivity contribution in [3.05, 3.63) is 65.4 Å². The highest BCUT2D eigenvalue weighted by atomic mass is 19.3. The van der Waals surface area contributed by atoms with Crippen LogP contribution in [0.25, 0.3) is 10.9 Å². The highest BCUT2D eigenvalue weighted by Gasteiger charge is 2.25. The van der Waals surface area contributed by atoms with E-state index < -0.39 is 25.1 Å². The predicted octanol–water partition coefficient (Wildman–Crippen LogP) is 4.12. The van der Waals surface area contributed by atoms with Gasteiger partial charge in [-0.25, -0.2) is 4.79 Å². The van der Waals surface area contributed by atoms with Crippen LogP contribution in [0.15, 0.2) is 48.5 Å². The zero-order valence-electron chi connectivity index (χ0n) is 15.9. The molecule has 4 rings (SSSR count). The summed E-state index contributed by atoms with van der Waals surface area (Å²) in [7, 11) is 0. The number of esters is 1. The molecule has 0 spiro atoms. The summed E-state index contributed by atoms with van der Waals surface area (Å²) in [5.74, 6) is -1.45. The molecule has 1 amide bonds. The summed E-state index contributed by atoms with van der Waals surface area (Å²) in [6.45, 7) is -3.59. The topological polar surface area (TPSA) is 77.5 Å². The minimum absolute atomic E-state index is 0.0640. The van der Waals surface area contributed by atoms with Crippen molar-refractivity contribution in [2.24, 2.45) is 0 Å². The first kappa shape index (κ1) is 19.8. The number of para-hydroxylation sites is 3. The van der Waals surface area contributed by atoms with Gasteiger partial charge in [-0.1, -0.05) is 30.3 Å². The van der Waals surface area contributed by atoms with Crippen molar-refractivity contribution in [1.82, 2.24) is 4.98 Å². The molecule has 2 aromatic carbocycles. The van der Waals surface area contributed by atoms with E-state index in [0.717, 1.165) is 30.5 Å². The van der Waals surface area contributed by atoms with E-state index in [2.05, 4.69) is 15.0 Å². The summed E-state index contributed by atoms with van der Waals surface area (Å²) in [5, 5.41) is 3.11. The fourth-order valence-corrected chi connectivity index (χ4v) is 3.60. The molecule has 1 aromatic heterocycles. The summed E-state index contributed by atoms with van der Waals surface area (Å²) < 4.78 is 34.6. The van der Waals surface area contributed by atoms with Gasteiger partial charge in [0.1, 0.15) is 5.75 Å². The summed E-state index contributed by atoms with van der Waals surface area (Å²) in [4.78, 5) is 29.7. The van der Waals surface area contributed by atoms with Crippen molar-refractivity contribution in [2.45, 2.75) is 25.9 Å². The Balaban J connectivity index is 1.49. The Morgan fingerprint density at radius 3 is 2.67 bits per heavy atom. The normalized spacial score (nSPS) is 12.6. The molecule has 0 bridgehead atoms. The number of amides is 1. The molecule has 0 radical (unpaired) electrons. The van der Waals surface area contributed by atoms with Gasteiger partial charge in [-0.3, -0.25) is 9.78 Å². The molecule has 8 heteroatoms. The fourth-order valence-electron chi connectivity index (χ4n) is 3.60. The van der Waals surface area contributed by atoms with Gasteiger partial charge in [0.15, 0.2) is 6.61 Å². The number of carbonyl (C=O) groups is 2. The van der Waals surface area contributed by atoms with Crippen LogP contribution in [-0.4, -0.2) is 30.1 Å². The van der Waals surface area contributed by atoms with E-state index in [4.69, 9.17) is 4.74 Å². The van der Waals surface area contributed by atoms with Gasteiger partial charge in [0, 0.05) is 11.1 Å². The molecule has 0 saturated heterocycles. The number of hydrogen-bond acceptors (Lipinski definition) is 5. The SMILES string of the molecule is O=C(COC(=O)c1c2c(nc3ccccc13)CCC2)Nc1ccccc1OC(F)F. The molecule has 0 aliphatic heterocycles. The first-order chi connectivity index (χ1) is 14.5. The molecule has 1 heterocycles. The zero-order chi connectivity index (χ0) is 21.1. The maximum absolute atomic E-state index is 12.8. The molecule has 154 valence electrons. The number of carbonyl (C=O) groups excluding carboxylic acids is 2. The van der Waals surface area contributed by atoms with E-state index in [1.165, 1.54) is 18.2 Å². The number of pyridine rings is 1. The van der Waals surface area contributed by atoms with Crippen LogP contribution in [0, 0.1) is 0 Å². The highest BCUT2D eigenvalue weighted by molar-refractivity contribution is 6.06. The quantitative estimate of drug-likeness (QED) is 0.617. The molecule has 30 heavy (non-hydrogen) atoms. The first-order valence-corrected chi connectivity index (χ1v) is 9.44. The third-order valence-electron chi connectivity index (χ3n) is 4.83. The van der Waals surface area contributed by atoms with Crippen LogP contribution in [0.4, 0.5) is 14.5 Å². The second-order valence-corrected chi connectivity index (χ2v) is 6.78. The Hall–Kier alpha value is -3.55. The Labute approximate surface area is 170 Å². The molecular weight excluding hydrogens is 394 g/mol. The Morgan fingerprint density at radius 1 is 1.07 bits per heavy atom. The van der Waals surface area contributed by atoms with Crippen LogP contribution in [0.5, 0.6) is 5.75 Å². The first-order valence-electron chi connectivity index (χ1n) is 9.44. The average Bonchev–Trinajstić information content (AvgIpc) is 3.19. The smallest absolute Gasteiger partial charge is 0.387 e. The fraction of sp³-hybridized carbons (Fsp3) is 0.227. The van der Waals surface area contributed by atoms with Gasteiger partial charge < -0.3 is 14.8 Å². The van der Waals surface area contributed by atoms with Crippen LogP contribution in [0.3, 0.4) is 0 Å². The minimum atomic E-state index is -3.03. The molecular formula is C22H18F2N2O4. The van der Waals surface area contributed by atoms with Crippen molar-refractivity contribution in [3.8, 4) is 5.75 Å². The number of rotatable bonds is 6. The van der Waals surface area contributed by atoms with E-state index in [-0.39, 0.29) is 11.4 Å². The van der Waals surface area contributed by atoms with Gasteiger partial charge in [-0.2, -0.15) is 8.78 Å². The third kappa shape index (κ3) is 4.07. The molecule has 6 nitrogen and oxygen atoms in total. The van der Waals surface area contributed by atoms with Gasteiger partial charge in [0.2, 0.25) is 0 Å². The third-order valence-corrected chi connectivity index (χ3v) is 4.83. The van der Waals surface area contributed by atoms with Crippen LogP contribution < -0.4 is 10.1 Å². The molecule has 0 saturated carbocycles. The van der Waals surface area contributed by atoms with Crippen LogP contribution in [-0.2, 0) is 22.4 Å². The number of anilines is 1. The summed E-state index contributed by atoms with van der Waals surface area (Å²) in [5.41, 5.74) is 2.93. The number of aromatic nitrogens is 1. The number of aryl methyl sites for hydroxylation is 1. The van der Waals surface area contributed by atoms with Gasteiger partial charge >= 0.3 is 12.6 Å². The Kier molecular flexibility index (Phi) is 5.56. The Morgan fingerprint density at radius 2 is 1.83 bits per heavy atom. The highest BCUT2D eigenvalue weighted by Crippen LogP contribution is 2.30. The van der Waals surface area contributed by atoms with E-state index in [1.54, 1.807) is 12.1 Å². The van der Waals surface area contributed by atoms with E-state index in [9.17, 15) is 18.4 Å². The molecule has 1 N–H and O–H groups in total. The van der Waals surface area contributed by atoms with Crippen LogP contribution >= 0.6 is 0 Å². The zero-order valence-corrected chi connectivity index (χ0v) is 15.9. The van der Waals surface area contributed by atoms with Crippen molar-refractivity contribution >= 4 is 28.5 Å². The number of nitrogens with one attached hydrogen (secondary N) is 1. The lowest BCUT2D eigenvalue weighted by Gasteiger charge is -2.13. The monoisotopic (exact) mass is 412 g/mol. The maximum atomic E-state index is 12.8. The largest absolute Gasteiger partial charge is 0.452 e. The van der Waals surface area contributed by atoms with Crippen molar-refractivity contribution < 1.29 is 27.8 Å². The van der Waals surface area contributed by atoms with Gasteiger partial charge in [0.25, 0.3) is 5.91 Å². The number of alkyl halides is 2. The lowest BCUT2D eigenvalue weighted by atomic mass is 10.0. The standard InChI is InChI=1S/C22H18F2N2O4/c23-22(24)30-18-11-4-3-9-17(18)26-19(27)12-29-21(28)20-13-6-1-2-8-15(13)25-16-10-5-7-14(16)20/h1-4,6,8-9,11,22H,5,7,10,12H2,(H,26,27). The summed E-state index contributed by atoms with van der Waals surface area (Å²) in [6.07, 6.45) is 2.42. The van der Waals surface area contributed by atoms with Crippen molar-refractivity contribution in [1.29, 1.82) is 0 Å². The average molecular weight is 412 g/mol. The number of benzene rings is 2. The molecule has 0 fully saturated rings. The predicted molar refractivity (Wildman–Crippen MR) is 106 cm³/mol. The number of hydrogen-bond donors (Lipinski definition) is 1. The van der Waals surface area contributed by atoms with E-state index in [1.807, 2.05) is 18.2 Å². The Bertz CT molecular complexity index is 1120. The summed E-state index contributed by atoms with van der Waals surface area (Å²) in [6, 6.07) is 13.1. The van der Waals surface area contributed by atoms with E-state index >= 15 is 0 Å². The molecule has 0 atom stereocenters. The maximum Gasteiger partial charge on any atom is 0.387 e. The second-order valence-electron chi connectivity index (χ2n) is 6.78. The van der Waals surface area contributed by atoms with Crippen LogP contribution in [0.1, 0.15) is 28.0 Å². The lowest BCUT2D eigenvalue weighted by Crippen LogP contribution is -2.22. The molecule has 1 aliphatic carbocycles. The molecule has 0 unspecified atom stereocenters. The van der Waals surface area contributed by atoms with Gasteiger partial charge in [0.05, 0.1) is 16.8 Å². The minimum Gasteiger partial charge on any atom is -0.452 e. The summed E-state index contributed by atoms with van der Waals surface area (Å²) >= 11 is 0. The van der Waals surface area contributed by atoms with Gasteiger partial charge in [-0.15, -0.1) is 0 Å².